The summed E-state index contributed by atoms with van der Waals surface area (Å²) in [6.07, 6.45) is 2.61. The fraction of sp³-hybridized carbons (Fsp3) is 0.438. The summed E-state index contributed by atoms with van der Waals surface area (Å²) in [6.45, 7) is 9.09. The van der Waals surface area contributed by atoms with Crippen LogP contribution in [-0.4, -0.2) is 31.8 Å². The number of hydrogen-bond acceptors (Lipinski definition) is 4. The lowest BCUT2D eigenvalue weighted by molar-refractivity contribution is 0.0757. The molecule has 0 fully saturated rings. The quantitative estimate of drug-likeness (QED) is 0.416. The van der Waals surface area contributed by atoms with Crippen LogP contribution in [0.2, 0.25) is 0 Å². The lowest BCUT2D eigenvalue weighted by Crippen LogP contribution is -2.25. The Kier molecular flexibility index (Phi) is 7.32. The minimum Gasteiger partial charge on any atom is -0.487 e. The number of amides is 1. The molecule has 0 aliphatic rings. The summed E-state index contributed by atoms with van der Waals surface area (Å²) in [7, 11) is 0. The summed E-state index contributed by atoms with van der Waals surface area (Å²) in [6, 6.07) is 4.98. The van der Waals surface area contributed by atoms with Gasteiger partial charge in [0.05, 0.1) is 11.8 Å². The zero-order chi connectivity index (χ0) is 15.7. The van der Waals surface area contributed by atoms with E-state index in [2.05, 4.69) is 11.9 Å². The highest BCUT2D eigenvalue weighted by Gasteiger charge is 2.08. The number of anilines is 1. The Balaban J connectivity index is 2.48. The molecule has 0 spiro atoms. The molecule has 3 N–H and O–H groups in total. The number of nitrogens with one attached hydrogen (secondary N) is 1. The fourth-order valence-corrected chi connectivity index (χ4v) is 1.64. The molecule has 0 aromatic heterocycles. The van der Waals surface area contributed by atoms with Crippen molar-refractivity contribution in [2.45, 2.75) is 26.4 Å². The first-order chi connectivity index (χ1) is 10.0. The molecule has 0 atom stereocenters. The van der Waals surface area contributed by atoms with E-state index < -0.39 is 0 Å². The molecule has 0 radical (unpaired) electrons. The molecule has 0 saturated carbocycles. The molecular weight excluding hydrogens is 268 g/mol. The maximum absolute atomic E-state index is 12.0. The molecule has 1 aromatic rings. The van der Waals surface area contributed by atoms with Crippen LogP contribution in [0, 0.1) is 0 Å². The third-order valence-corrected chi connectivity index (χ3v) is 2.69. The first-order valence-corrected chi connectivity index (χ1v) is 7.07. The Morgan fingerprint density at radius 1 is 1.48 bits per heavy atom. The van der Waals surface area contributed by atoms with Gasteiger partial charge in [-0.2, -0.15) is 0 Å². The van der Waals surface area contributed by atoms with E-state index >= 15 is 0 Å². The Bertz CT molecular complexity index is 473. The minimum atomic E-state index is -0.150. The van der Waals surface area contributed by atoms with Crippen molar-refractivity contribution in [1.29, 1.82) is 0 Å². The number of carbonyl (C=O) groups excluding carboxylic acids is 1. The van der Waals surface area contributed by atoms with Crippen molar-refractivity contribution in [2.24, 2.45) is 0 Å². The van der Waals surface area contributed by atoms with Gasteiger partial charge in [0.25, 0.3) is 5.91 Å². The number of benzene rings is 1. The Hall–Kier alpha value is -2.01. The highest BCUT2D eigenvalue weighted by atomic mass is 16.5. The van der Waals surface area contributed by atoms with E-state index in [0.29, 0.717) is 36.8 Å². The molecule has 0 bridgehead atoms. The molecule has 5 heteroatoms. The second kappa shape index (κ2) is 9.02. The van der Waals surface area contributed by atoms with Crippen LogP contribution in [0.25, 0.3) is 0 Å². The average molecular weight is 292 g/mol. The monoisotopic (exact) mass is 292 g/mol. The van der Waals surface area contributed by atoms with Gasteiger partial charge in [-0.15, -0.1) is 0 Å². The number of ether oxygens (including phenoxy) is 2. The van der Waals surface area contributed by atoms with Gasteiger partial charge in [-0.3, -0.25) is 4.79 Å². The third kappa shape index (κ3) is 6.31. The third-order valence-electron chi connectivity index (χ3n) is 2.69. The maximum Gasteiger partial charge on any atom is 0.251 e. The smallest absolute Gasteiger partial charge is 0.251 e. The topological polar surface area (TPSA) is 73.6 Å². The lowest BCUT2D eigenvalue weighted by Gasteiger charge is -2.10. The molecule has 1 rings (SSSR count). The van der Waals surface area contributed by atoms with E-state index in [1.54, 1.807) is 24.3 Å². The van der Waals surface area contributed by atoms with Gasteiger partial charge >= 0.3 is 0 Å². The molecule has 1 aromatic carbocycles. The summed E-state index contributed by atoms with van der Waals surface area (Å²) in [4.78, 5) is 12.0. The van der Waals surface area contributed by atoms with Gasteiger partial charge in [-0.05, 0) is 38.5 Å². The SMILES string of the molecule is C=CCOc1cc(C(=O)NCCCOC(C)C)ccc1N. The first-order valence-electron chi connectivity index (χ1n) is 7.07. The van der Waals surface area contributed by atoms with Crippen LogP contribution < -0.4 is 15.8 Å². The molecule has 0 unspecified atom stereocenters. The second-order valence-corrected chi connectivity index (χ2v) is 4.88. The number of rotatable bonds is 9. The first kappa shape index (κ1) is 17.0. The van der Waals surface area contributed by atoms with Crippen molar-refractivity contribution in [3.63, 3.8) is 0 Å². The Morgan fingerprint density at radius 3 is 2.90 bits per heavy atom. The van der Waals surface area contributed by atoms with Gasteiger partial charge in [-0.1, -0.05) is 12.7 Å². The molecule has 0 aliphatic heterocycles. The summed E-state index contributed by atoms with van der Waals surface area (Å²) in [5.41, 5.74) is 6.81. The van der Waals surface area contributed by atoms with E-state index in [1.165, 1.54) is 0 Å². The highest BCUT2D eigenvalue weighted by molar-refractivity contribution is 5.95. The zero-order valence-corrected chi connectivity index (χ0v) is 12.7. The predicted octanol–water partition coefficient (Wildman–Crippen LogP) is 2.38. The zero-order valence-electron chi connectivity index (χ0n) is 12.7. The van der Waals surface area contributed by atoms with Crippen molar-refractivity contribution in [2.75, 3.05) is 25.5 Å². The summed E-state index contributed by atoms with van der Waals surface area (Å²) in [5, 5.41) is 2.84. The molecule has 5 nitrogen and oxygen atoms in total. The van der Waals surface area contributed by atoms with Gasteiger partial charge in [-0.25, -0.2) is 0 Å². The van der Waals surface area contributed by atoms with Crippen LogP contribution in [0.4, 0.5) is 5.69 Å². The lowest BCUT2D eigenvalue weighted by atomic mass is 10.1. The largest absolute Gasteiger partial charge is 0.487 e. The van der Waals surface area contributed by atoms with Crippen LogP contribution in [0.1, 0.15) is 30.6 Å². The van der Waals surface area contributed by atoms with Crippen LogP contribution in [0.5, 0.6) is 5.75 Å². The second-order valence-electron chi connectivity index (χ2n) is 4.88. The van der Waals surface area contributed by atoms with Crippen LogP contribution in [-0.2, 0) is 4.74 Å². The van der Waals surface area contributed by atoms with Crippen LogP contribution >= 0.6 is 0 Å². The molecule has 116 valence electrons. The molecule has 0 aliphatic carbocycles. The van der Waals surface area contributed by atoms with Crippen molar-refractivity contribution in [3.05, 3.63) is 36.4 Å². The van der Waals surface area contributed by atoms with Crippen molar-refractivity contribution in [3.8, 4) is 5.75 Å². The molecule has 0 saturated heterocycles. The number of hydrogen-bond donors (Lipinski definition) is 2. The molecular formula is C16H24N2O3. The maximum atomic E-state index is 12.0. The van der Waals surface area contributed by atoms with Crippen LogP contribution in [0.3, 0.4) is 0 Å². The Morgan fingerprint density at radius 2 is 2.24 bits per heavy atom. The van der Waals surface area contributed by atoms with Gasteiger partial charge in [0, 0.05) is 18.7 Å². The molecule has 0 heterocycles. The van der Waals surface area contributed by atoms with Crippen molar-refractivity contribution in [1.82, 2.24) is 5.32 Å². The van der Waals surface area contributed by atoms with E-state index in [4.69, 9.17) is 15.2 Å². The van der Waals surface area contributed by atoms with E-state index in [-0.39, 0.29) is 12.0 Å². The summed E-state index contributed by atoms with van der Waals surface area (Å²) >= 11 is 0. The number of nitrogens with two attached hydrogens (primary N) is 1. The number of carbonyl (C=O) groups is 1. The van der Waals surface area contributed by atoms with E-state index in [1.807, 2.05) is 13.8 Å². The summed E-state index contributed by atoms with van der Waals surface area (Å²) < 4.78 is 10.8. The van der Waals surface area contributed by atoms with Crippen molar-refractivity contribution >= 4 is 11.6 Å². The van der Waals surface area contributed by atoms with Gasteiger partial charge < -0.3 is 20.5 Å². The molecule has 21 heavy (non-hydrogen) atoms. The summed E-state index contributed by atoms with van der Waals surface area (Å²) in [5.74, 6) is 0.341. The van der Waals surface area contributed by atoms with Crippen LogP contribution in [0.15, 0.2) is 30.9 Å². The predicted molar refractivity (Wildman–Crippen MR) is 84.6 cm³/mol. The standard InChI is InChI=1S/C16H24N2O3/c1-4-9-21-15-11-13(6-7-14(15)17)16(19)18-8-5-10-20-12(2)3/h4,6-7,11-12H,1,5,8-10,17H2,2-3H3,(H,18,19). The van der Waals surface area contributed by atoms with Gasteiger partial charge in [0.15, 0.2) is 0 Å². The Labute approximate surface area is 126 Å². The van der Waals surface area contributed by atoms with Gasteiger partial charge in [0.2, 0.25) is 0 Å². The minimum absolute atomic E-state index is 0.150. The average Bonchev–Trinajstić information content (AvgIpc) is 2.45. The van der Waals surface area contributed by atoms with E-state index in [9.17, 15) is 4.79 Å². The van der Waals surface area contributed by atoms with Crippen molar-refractivity contribution < 1.29 is 14.3 Å². The normalized spacial score (nSPS) is 10.4. The van der Waals surface area contributed by atoms with Gasteiger partial charge in [0.1, 0.15) is 12.4 Å². The highest BCUT2D eigenvalue weighted by Crippen LogP contribution is 2.22. The number of nitrogen functional groups attached to an aromatic ring is 1. The molecule has 1 amide bonds. The van der Waals surface area contributed by atoms with E-state index in [0.717, 1.165) is 6.42 Å². The fourth-order valence-electron chi connectivity index (χ4n) is 1.64.